The lowest BCUT2D eigenvalue weighted by atomic mass is 10.2. The van der Waals surface area contributed by atoms with Crippen molar-refractivity contribution in [3.8, 4) is 0 Å². The largest absolute Gasteiger partial charge is 0.367 e. The zero-order valence-corrected chi connectivity index (χ0v) is 15.1. The van der Waals surface area contributed by atoms with Gasteiger partial charge in [0.15, 0.2) is 5.82 Å². The number of aromatic nitrogens is 1. The van der Waals surface area contributed by atoms with E-state index in [0.717, 1.165) is 13.1 Å². The first-order valence-electron chi connectivity index (χ1n) is 8.77. The van der Waals surface area contributed by atoms with Gasteiger partial charge in [0.2, 0.25) is 0 Å². The van der Waals surface area contributed by atoms with Gasteiger partial charge < -0.3 is 14.7 Å². The summed E-state index contributed by atoms with van der Waals surface area (Å²) in [6.07, 6.45) is 0. The van der Waals surface area contributed by atoms with Crippen molar-refractivity contribution < 1.29 is 18.5 Å². The number of hydrogen-bond donors (Lipinski definition) is 2. The van der Waals surface area contributed by atoms with Crippen LogP contribution in [-0.2, 0) is 9.59 Å². The van der Waals surface area contributed by atoms with Gasteiger partial charge in [-0.2, -0.15) is 0 Å². The first kappa shape index (κ1) is 18.8. The lowest BCUT2D eigenvalue weighted by Gasteiger charge is -2.36. The van der Waals surface area contributed by atoms with Gasteiger partial charge in [0.1, 0.15) is 11.6 Å². The molecule has 1 aromatic heterocycles. The van der Waals surface area contributed by atoms with Crippen molar-refractivity contribution in [1.29, 1.82) is 0 Å². The van der Waals surface area contributed by atoms with E-state index in [4.69, 9.17) is 4.52 Å². The average molecular weight is 375 g/mol. The van der Waals surface area contributed by atoms with Crippen molar-refractivity contribution >= 4 is 23.3 Å². The molecular formula is C18H22FN5O3. The maximum atomic E-state index is 13.8. The number of para-hydroxylation sites is 1. The highest BCUT2D eigenvalue weighted by molar-refractivity contribution is 6.39. The lowest BCUT2D eigenvalue weighted by Crippen LogP contribution is -2.49. The van der Waals surface area contributed by atoms with Crippen LogP contribution in [0.2, 0.25) is 0 Å². The van der Waals surface area contributed by atoms with Crippen LogP contribution in [0, 0.1) is 12.7 Å². The second-order valence-corrected chi connectivity index (χ2v) is 6.31. The van der Waals surface area contributed by atoms with Crippen LogP contribution in [0.25, 0.3) is 0 Å². The minimum Gasteiger partial charge on any atom is -0.367 e. The number of carbonyl (C=O) groups excluding carboxylic acids is 2. The van der Waals surface area contributed by atoms with Gasteiger partial charge in [-0.15, -0.1) is 0 Å². The quantitative estimate of drug-likeness (QED) is 0.758. The molecule has 8 nitrogen and oxygen atoms in total. The number of halogens is 1. The predicted molar refractivity (Wildman–Crippen MR) is 97.9 cm³/mol. The number of anilines is 2. The average Bonchev–Trinajstić information content (AvgIpc) is 3.07. The lowest BCUT2D eigenvalue weighted by molar-refractivity contribution is -0.136. The highest BCUT2D eigenvalue weighted by atomic mass is 19.1. The first-order chi connectivity index (χ1) is 13.0. The van der Waals surface area contributed by atoms with Gasteiger partial charge in [0, 0.05) is 45.3 Å². The molecule has 0 unspecified atom stereocenters. The van der Waals surface area contributed by atoms with Gasteiger partial charge in [-0.25, -0.2) is 4.39 Å². The van der Waals surface area contributed by atoms with Crippen LogP contribution < -0.4 is 15.5 Å². The summed E-state index contributed by atoms with van der Waals surface area (Å²) in [5.41, 5.74) is 0.616. The van der Waals surface area contributed by atoms with Gasteiger partial charge in [0.05, 0.1) is 5.69 Å². The van der Waals surface area contributed by atoms with E-state index in [0.29, 0.717) is 37.6 Å². The Balaban J connectivity index is 1.37. The fourth-order valence-electron chi connectivity index (χ4n) is 2.93. The summed E-state index contributed by atoms with van der Waals surface area (Å²) in [5, 5.41) is 8.56. The molecule has 0 saturated carbocycles. The van der Waals surface area contributed by atoms with Gasteiger partial charge >= 0.3 is 11.8 Å². The van der Waals surface area contributed by atoms with E-state index in [9.17, 15) is 14.0 Å². The van der Waals surface area contributed by atoms with Crippen molar-refractivity contribution in [3.63, 3.8) is 0 Å². The molecule has 2 aromatic rings. The van der Waals surface area contributed by atoms with E-state index in [1.807, 2.05) is 11.0 Å². The monoisotopic (exact) mass is 375 g/mol. The Labute approximate surface area is 156 Å². The molecule has 27 heavy (non-hydrogen) atoms. The summed E-state index contributed by atoms with van der Waals surface area (Å²) in [4.78, 5) is 27.8. The molecule has 1 aliphatic rings. The van der Waals surface area contributed by atoms with Crippen LogP contribution in [0.4, 0.5) is 15.9 Å². The Morgan fingerprint density at radius 3 is 2.59 bits per heavy atom. The Kier molecular flexibility index (Phi) is 6.02. The fraction of sp³-hybridized carbons (Fsp3) is 0.389. The first-order valence-corrected chi connectivity index (χ1v) is 8.77. The topological polar surface area (TPSA) is 90.7 Å². The van der Waals surface area contributed by atoms with E-state index in [2.05, 4.69) is 20.7 Å². The molecule has 1 saturated heterocycles. The zero-order valence-electron chi connectivity index (χ0n) is 15.1. The second kappa shape index (κ2) is 8.63. The summed E-state index contributed by atoms with van der Waals surface area (Å²) < 4.78 is 18.7. The number of aryl methyl sites for hydroxylation is 1. The predicted octanol–water partition coefficient (Wildman–Crippen LogP) is 0.999. The van der Waals surface area contributed by atoms with Crippen LogP contribution in [0.3, 0.4) is 0 Å². The molecule has 2 heterocycles. The molecule has 1 fully saturated rings. The molecule has 0 radical (unpaired) electrons. The fourth-order valence-corrected chi connectivity index (χ4v) is 2.93. The maximum absolute atomic E-state index is 13.8. The number of carbonyl (C=O) groups is 2. The number of nitrogens with one attached hydrogen (secondary N) is 2. The highest BCUT2D eigenvalue weighted by Gasteiger charge is 2.20. The minimum atomic E-state index is -0.785. The van der Waals surface area contributed by atoms with Gasteiger partial charge in [0.25, 0.3) is 0 Å². The van der Waals surface area contributed by atoms with Crippen LogP contribution in [0.15, 0.2) is 34.9 Å². The summed E-state index contributed by atoms with van der Waals surface area (Å²) >= 11 is 0. The highest BCUT2D eigenvalue weighted by Crippen LogP contribution is 2.19. The summed E-state index contributed by atoms with van der Waals surface area (Å²) in [6, 6.07) is 8.27. The number of nitrogens with zero attached hydrogens (tertiary/aromatic N) is 3. The molecule has 1 aliphatic heterocycles. The Bertz CT molecular complexity index is 802. The molecule has 0 aliphatic carbocycles. The van der Waals surface area contributed by atoms with Crippen molar-refractivity contribution in [1.82, 2.24) is 15.4 Å². The van der Waals surface area contributed by atoms with E-state index in [1.54, 1.807) is 19.1 Å². The standard InChI is InChI=1S/C18H22FN5O3/c1-13-12-16(22-27-13)21-18(26)17(25)20-6-7-23-8-10-24(11-9-23)15-5-3-2-4-14(15)19/h2-5,12H,6-11H2,1H3,(H,20,25)(H,21,22,26). The molecule has 0 atom stereocenters. The third-order valence-electron chi connectivity index (χ3n) is 4.35. The molecule has 2 amide bonds. The Morgan fingerprint density at radius 1 is 1.19 bits per heavy atom. The normalized spacial score (nSPS) is 14.8. The van der Waals surface area contributed by atoms with Gasteiger partial charge in [-0.05, 0) is 19.1 Å². The van der Waals surface area contributed by atoms with Crippen LogP contribution >= 0.6 is 0 Å². The smallest absolute Gasteiger partial charge is 0.314 e. The zero-order chi connectivity index (χ0) is 19.2. The van der Waals surface area contributed by atoms with Crippen LogP contribution in [-0.4, -0.2) is 61.1 Å². The van der Waals surface area contributed by atoms with Crippen molar-refractivity contribution in [2.45, 2.75) is 6.92 Å². The minimum absolute atomic E-state index is 0.205. The van der Waals surface area contributed by atoms with Gasteiger partial charge in [-0.1, -0.05) is 17.3 Å². The maximum Gasteiger partial charge on any atom is 0.314 e. The Hall–Kier alpha value is -2.94. The van der Waals surface area contributed by atoms with Crippen molar-refractivity contribution in [2.75, 3.05) is 49.5 Å². The molecule has 1 aromatic carbocycles. The third-order valence-corrected chi connectivity index (χ3v) is 4.35. The summed E-state index contributed by atoms with van der Waals surface area (Å²) in [5.74, 6) is -0.975. The van der Waals surface area contributed by atoms with Crippen molar-refractivity contribution in [3.05, 3.63) is 41.9 Å². The second-order valence-electron chi connectivity index (χ2n) is 6.31. The van der Waals surface area contributed by atoms with Gasteiger partial charge in [-0.3, -0.25) is 19.8 Å². The molecule has 144 valence electrons. The van der Waals surface area contributed by atoms with Crippen LogP contribution in [0.5, 0.6) is 0 Å². The van der Waals surface area contributed by atoms with Crippen LogP contribution in [0.1, 0.15) is 5.76 Å². The third kappa shape index (κ3) is 5.04. The molecule has 9 heteroatoms. The van der Waals surface area contributed by atoms with Crippen molar-refractivity contribution in [2.24, 2.45) is 0 Å². The van der Waals surface area contributed by atoms with E-state index in [-0.39, 0.29) is 11.6 Å². The molecule has 3 rings (SSSR count). The molecule has 2 N–H and O–H groups in total. The summed E-state index contributed by atoms with van der Waals surface area (Å²) in [7, 11) is 0. The molecule has 0 bridgehead atoms. The van der Waals surface area contributed by atoms with E-state index >= 15 is 0 Å². The number of amides is 2. The number of rotatable bonds is 5. The van der Waals surface area contributed by atoms with E-state index in [1.165, 1.54) is 12.1 Å². The number of benzene rings is 1. The SMILES string of the molecule is Cc1cc(NC(=O)C(=O)NCCN2CCN(c3ccccc3F)CC2)no1. The molecular weight excluding hydrogens is 353 g/mol. The Morgan fingerprint density at radius 2 is 1.93 bits per heavy atom. The number of hydrogen-bond acceptors (Lipinski definition) is 6. The molecule has 0 spiro atoms. The summed E-state index contributed by atoms with van der Waals surface area (Å²) in [6.45, 7) is 5.59. The van der Waals surface area contributed by atoms with E-state index < -0.39 is 11.8 Å². The number of piperazine rings is 1.